The molecule has 1 aliphatic carbocycles. The zero-order valence-corrected chi connectivity index (χ0v) is 22.0. The van der Waals surface area contributed by atoms with E-state index in [2.05, 4.69) is 11.2 Å². The van der Waals surface area contributed by atoms with Gasteiger partial charge in [0, 0.05) is 44.4 Å². The van der Waals surface area contributed by atoms with Crippen molar-refractivity contribution in [2.75, 3.05) is 44.8 Å². The Bertz CT molecular complexity index is 1470. The van der Waals surface area contributed by atoms with Crippen LogP contribution < -0.4 is 4.90 Å². The molecule has 0 N–H and O–H groups in total. The van der Waals surface area contributed by atoms with Crippen molar-refractivity contribution in [2.45, 2.75) is 30.3 Å². The van der Waals surface area contributed by atoms with Gasteiger partial charge in [0.2, 0.25) is 10.0 Å². The summed E-state index contributed by atoms with van der Waals surface area (Å²) in [5, 5.41) is 4.56. The molecule has 38 heavy (non-hydrogen) atoms. The molecule has 2 saturated heterocycles. The summed E-state index contributed by atoms with van der Waals surface area (Å²) in [6.45, 7) is 2.01. The number of nitrogens with zero attached hydrogens (tertiary/aromatic N) is 4. The highest BCUT2D eigenvalue weighted by Crippen LogP contribution is 2.45. The molecule has 1 aromatic heterocycles. The molecule has 2 atom stereocenters. The van der Waals surface area contributed by atoms with Crippen LogP contribution in [0, 0.1) is 11.2 Å². The summed E-state index contributed by atoms with van der Waals surface area (Å²) in [4.78, 5) is 2.18. The van der Waals surface area contributed by atoms with Crippen molar-refractivity contribution in [1.29, 1.82) is 0 Å². The number of sulfonamides is 1. The lowest BCUT2D eigenvalue weighted by molar-refractivity contribution is 0.0733. The number of ether oxygens (including phenoxy) is 1. The molecule has 0 saturated carbocycles. The van der Waals surface area contributed by atoms with Crippen molar-refractivity contribution in [3.05, 3.63) is 77.4 Å². The third-order valence-corrected chi connectivity index (χ3v) is 9.84. The second kappa shape index (κ2) is 9.59. The number of aromatic nitrogens is 2. The van der Waals surface area contributed by atoms with Gasteiger partial charge in [-0.05, 0) is 79.4 Å². The monoisotopic (exact) mass is 540 g/mol. The predicted octanol–water partition coefficient (Wildman–Crippen LogP) is 4.23. The molecule has 6 rings (SSSR count). The molecule has 200 valence electrons. The highest BCUT2D eigenvalue weighted by Gasteiger charge is 2.46. The molecule has 0 radical (unpaired) electrons. The number of hydrogen-bond acceptors (Lipinski definition) is 5. The van der Waals surface area contributed by atoms with Gasteiger partial charge in [0.15, 0.2) is 0 Å². The normalized spacial score (nSPS) is 23.7. The molecule has 2 aliphatic heterocycles. The van der Waals surface area contributed by atoms with Gasteiger partial charge >= 0.3 is 0 Å². The van der Waals surface area contributed by atoms with Gasteiger partial charge in [0.05, 0.1) is 29.1 Å². The third kappa shape index (κ3) is 4.34. The van der Waals surface area contributed by atoms with Crippen molar-refractivity contribution in [3.63, 3.8) is 0 Å². The van der Waals surface area contributed by atoms with E-state index >= 15 is 0 Å². The van der Waals surface area contributed by atoms with Crippen LogP contribution in [0.3, 0.4) is 0 Å². The molecule has 3 aromatic rings. The van der Waals surface area contributed by atoms with Gasteiger partial charge in [0.25, 0.3) is 0 Å². The number of halogens is 2. The zero-order chi connectivity index (χ0) is 26.5. The summed E-state index contributed by atoms with van der Waals surface area (Å²) in [5.41, 5.74) is 4.16. The molecular weight excluding hydrogens is 510 g/mol. The minimum Gasteiger partial charge on any atom is -0.384 e. The maximum absolute atomic E-state index is 13.7. The fraction of sp³-hybridized carbons (Fsp3) is 0.393. The van der Waals surface area contributed by atoms with Crippen molar-refractivity contribution in [3.8, 4) is 5.69 Å². The van der Waals surface area contributed by atoms with E-state index in [-0.39, 0.29) is 10.7 Å². The smallest absolute Gasteiger partial charge is 0.243 e. The van der Waals surface area contributed by atoms with Crippen molar-refractivity contribution < 1.29 is 21.9 Å². The van der Waals surface area contributed by atoms with Gasteiger partial charge in [-0.25, -0.2) is 21.9 Å². The van der Waals surface area contributed by atoms with Crippen LogP contribution in [0.4, 0.5) is 14.5 Å². The first kappa shape index (κ1) is 25.2. The first-order valence-corrected chi connectivity index (χ1v) is 14.3. The Balaban J connectivity index is 1.27. The van der Waals surface area contributed by atoms with Gasteiger partial charge in [-0.1, -0.05) is 5.57 Å². The highest BCUT2D eigenvalue weighted by atomic mass is 32.2. The van der Waals surface area contributed by atoms with E-state index < -0.39 is 21.6 Å². The van der Waals surface area contributed by atoms with Gasteiger partial charge in [-0.3, -0.25) is 0 Å². The summed E-state index contributed by atoms with van der Waals surface area (Å²) in [7, 11) is -2.10. The molecule has 7 nitrogen and oxygen atoms in total. The number of methoxy groups -OCH3 is 1. The van der Waals surface area contributed by atoms with Gasteiger partial charge in [-0.2, -0.15) is 9.40 Å². The van der Waals surface area contributed by atoms with Gasteiger partial charge in [-0.15, -0.1) is 0 Å². The maximum atomic E-state index is 13.7. The minimum absolute atomic E-state index is 0.234. The van der Waals surface area contributed by atoms with E-state index in [9.17, 15) is 17.2 Å². The Labute approximate surface area is 221 Å². The van der Waals surface area contributed by atoms with Crippen LogP contribution in [0.2, 0.25) is 0 Å². The summed E-state index contributed by atoms with van der Waals surface area (Å²) in [6.07, 6.45) is 4.71. The number of alkyl halides is 1. The Hall–Kier alpha value is -3.08. The van der Waals surface area contributed by atoms with Crippen LogP contribution in [-0.4, -0.2) is 68.6 Å². The fourth-order valence-electron chi connectivity index (χ4n) is 6.02. The minimum atomic E-state index is -3.74. The van der Waals surface area contributed by atoms with Crippen molar-refractivity contribution in [1.82, 2.24) is 14.1 Å². The van der Waals surface area contributed by atoms with Gasteiger partial charge in [0.1, 0.15) is 12.0 Å². The number of benzene rings is 2. The first-order valence-electron chi connectivity index (χ1n) is 12.8. The second-order valence-corrected chi connectivity index (χ2v) is 12.4. The molecule has 3 heterocycles. The molecule has 10 heteroatoms. The topological polar surface area (TPSA) is 67.7 Å². The maximum Gasteiger partial charge on any atom is 0.243 e. The summed E-state index contributed by atoms with van der Waals surface area (Å²) < 4.78 is 63.5. The second-order valence-electron chi connectivity index (χ2n) is 10.4. The number of piperidine rings is 1. The SMILES string of the molecule is COCC12Cc3cnn(-c4ccc(F)cc4)c3C=C1CCN(S(=O)(=O)c1ccc(N3CCC(F)C3)cc1)C2. The first-order chi connectivity index (χ1) is 18.3. The average molecular weight is 541 g/mol. The van der Waals surface area contributed by atoms with E-state index in [1.54, 1.807) is 58.7 Å². The predicted molar refractivity (Wildman–Crippen MR) is 141 cm³/mol. The zero-order valence-electron chi connectivity index (χ0n) is 21.2. The molecule has 2 fully saturated rings. The Morgan fingerprint density at radius 2 is 1.82 bits per heavy atom. The van der Waals surface area contributed by atoms with Crippen LogP contribution in [0.15, 0.2) is 65.2 Å². The van der Waals surface area contributed by atoms with Crippen LogP contribution >= 0.6 is 0 Å². The van der Waals surface area contributed by atoms with E-state index in [0.717, 1.165) is 28.2 Å². The largest absolute Gasteiger partial charge is 0.384 e. The lowest BCUT2D eigenvalue weighted by atomic mass is 9.69. The van der Waals surface area contributed by atoms with Crippen LogP contribution in [0.25, 0.3) is 11.8 Å². The van der Waals surface area contributed by atoms with Crippen LogP contribution in [0.5, 0.6) is 0 Å². The summed E-state index contributed by atoms with van der Waals surface area (Å²) in [6, 6.07) is 13.0. The molecular formula is C28H30F2N4O3S. The molecule has 2 aromatic carbocycles. The molecule has 0 amide bonds. The number of fused-ring (bicyclic) bond motifs is 2. The standard InChI is InChI=1S/C28H30F2N4O3S/c1-37-19-28-15-20-16-31-34(25-4-2-22(29)3-5-25)27(20)14-21(28)10-13-33(18-28)38(35,36)26-8-6-24(7-9-26)32-12-11-23(30)17-32/h2-9,14,16,23H,10-13,15,17-19H2,1H3. The van der Waals surface area contributed by atoms with E-state index in [1.165, 1.54) is 12.1 Å². The molecule has 2 unspecified atom stereocenters. The van der Waals surface area contributed by atoms with Crippen molar-refractivity contribution >= 4 is 21.8 Å². The Kier molecular flexibility index (Phi) is 6.36. The fourth-order valence-corrected chi connectivity index (χ4v) is 7.55. The lowest BCUT2D eigenvalue weighted by Gasteiger charge is -2.45. The number of rotatable bonds is 6. The molecule has 0 spiro atoms. The Morgan fingerprint density at radius 1 is 1.08 bits per heavy atom. The Morgan fingerprint density at radius 3 is 2.50 bits per heavy atom. The van der Waals surface area contributed by atoms with Crippen molar-refractivity contribution in [2.24, 2.45) is 5.41 Å². The summed E-state index contributed by atoms with van der Waals surface area (Å²) in [5.74, 6) is -0.306. The molecule has 0 bridgehead atoms. The number of anilines is 1. The van der Waals surface area contributed by atoms with Crippen LogP contribution in [-0.2, 0) is 21.2 Å². The third-order valence-electron chi connectivity index (χ3n) is 7.98. The van der Waals surface area contributed by atoms with E-state index in [0.29, 0.717) is 52.0 Å². The van der Waals surface area contributed by atoms with Gasteiger partial charge < -0.3 is 9.64 Å². The van der Waals surface area contributed by atoms with Crippen LogP contribution in [0.1, 0.15) is 24.1 Å². The average Bonchev–Trinajstić information content (AvgIpc) is 3.53. The number of hydrogen-bond donors (Lipinski definition) is 0. The summed E-state index contributed by atoms with van der Waals surface area (Å²) >= 11 is 0. The van der Waals surface area contributed by atoms with E-state index in [1.807, 2.05) is 4.90 Å². The quantitative estimate of drug-likeness (QED) is 0.468. The lowest BCUT2D eigenvalue weighted by Crippen LogP contribution is -2.51. The molecule has 3 aliphatic rings. The highest BCUT2D eigenvalue weighted by molar-refractivity contribution is 7.89. The van der Waals surface area contributed by atoms with E-state index in [4.69, 9.17) is 4.74 Å².